The van der Waals surface area contributed by atoms with Crippen molar-refractivity contribution in [1.82, 2.24) is 9.88 Å². The number of carbonyl (C=O) groups is 2. The number of amides is 2. The zero-order valence-electron chi connectivity index (χ0n) is 20.1. The first kappa shape index (κ1) is 25.9. The number of nitrogens with one attached hydrogen (secondary N) is 1. The molecule has 3 aromatic carbocycles. The fourth-order valence-corrected chi connectivity index (χ4v) is 5.19. The Morgan fingerprint density at radius 2 is 1.69 bits per heavy atom. The molecule has 1 N–H and O–H groups in total. The van der Waals surface area contributed by atoms with Crippen LogP contribution in [-0.4, -0.2) is 16.4 Å². The van der Waals surface area contributed by atoms with Crippen LogP contribution < -0.4 is 10.1 Å². The molecular formula is C28H25Cl2N3O2S. The minimum atomic E-state index is -0.425. The molecule has 0 saturated carbocycles. The minimum absolute atomic E-state index is 0.0961. The highest BCUT2D eigenvalue weighted by atomic mass is 35.5. The molecule has 0 spiro atoms. The molecule has 4 rings (SSSR count). The van der Waals surface area contributed by atoms with Gasteiger partial charge in [-0.15, -0.1) is 11.3 Å². The Balaban J connectivity index is 1.53. The summed E-state index contributed by atoms with van der Waals surface area (Å²) in [5.41, 5.74) is 3.95. The summed E-state index contributed by atoms with van der Waals surface area (Å²) in [6.07, 6.45) is 0. The average molecular weight is 539 g/mol. The largest absolute Gasteiger partial charge is 0.346 e. The summed E-state index contributed by atoms with van der Waals surface area (Å²) in [5.74, 6) is -0.555. The number of carbonyl (C=O) groups excluding carboxylic acids is 2. The number of thiazole rings is 1. The molecule has 4 aromatic rings. The molecule has 1 atom stereocenters. The van der Waals surface area contributed by atoms with Gasteiger partial charge in [0.25, 0.3) is 11.8 Å². The van der Waals surface area contributed by atoms with Crippen LogP contribution in [0.25, 0.3) is 0 Å². The Morgan fingerprint density at radius 1 is 1.00 bits per heavy atom. The van der Waals surface area contributed by atoms with E-state index in [1.807, 2.05) is 79.9 Å². The summed E-state index contributed by atoms with van der Waals surface area (Å²) >= 11 is 13.6. The Hall–Kier alpha value is -3.19. The van der Waals surface area contributed by atoms with Gasteiger partial charge in [0.1, 0.15) is 0 Å². The highest BCUT2D eigenvalue weighted by molar-refractivity contribution is 7.09. The Kier molecular flexibility index (Phi) is 8.09. The van der Waals surface area contributed by atoms with Crippen molar-refractivity contribution in [2.45, 2.75) is 33.4 Å². The quantitative estimate of drug-likeness (QED) is 0.295. The van der Waals surface area contributed by atoms with E-state index in [0.717, 1.165) is 21.7 Å². The third kappa shape index (κ3) is 5.95. The Labute approximate surface area is 224 Å². The third-order valence-electron chi connectivity index (χ3n) is 5.95. The molecule has 2 amide bonds. The molecule has 0 fully saturated rings. The smallest absolute Gasteiger partial charge is 0.281 e. The third-order valence-corrected chi connectivity index (χ3v) is 7.60. The highest BCUT2D eigenvalue weighted by Crippen LogP contribution is 2.22. The second-order valence-corrected chi connectivity index (χ2v) is 10.5. The molecule has 0 aliphatic rings. The second-order valence-electron chi connectivity index (χ2n) is 8.46. The van der Waals surface area contributed by atoms with Crippen LogP contribution in [0.2, 0.25) is 10.0 Å². The van der Waals surface area contributed by atoms with Crippen molar-refractivity contribution in [2.24, 2.45) is 4.99 Å². The van der Waals surface area contributed by atoms with Gasteiger partial charge < -0.3 is 9.88 Å². The van der Waals surface area contributed by atoms with Gasteiger partial charge in [-0.3, -0.25) is 9.59 Å². The predicted molar refractivity (Wildman–Crippen MR) is 146 cm³/mol. The number of rotatable bonds is 6. The summed E-state index contributed by atoms with van der Waals surface area (Å²) < 4.78 is 1.99. The van der Waals surface area contributed by atoms with Crippen LogP contribution in [-0.2, 0) is 6.54 Å². The van der Waals surface area contributed by atoms with Crippen LogP contribution in [0.1, 0.15) is 55.4 Å². The van der Waals surface area contributed by atoms with Crippen molar-refractivity contribution < 1.29 is 9.59 Å². The van der Waals surface area contributed by atoms with Crippen LogP contribution in [0.15, 0.2) is 77.8 Å². The zero-order valence-corrected chi connectivity index (χ0v) is 22.4. The molecular weight excluding hydrogens is 513 g/mol. The van der Waals surface area contributed by atoms with E-state index < -0.39 is 5.91 Å². The predicted octanol–water partition coefficient (Wildman–Crippen LogP) is 6.75. The molecule has 1 heterocycles. The lowest BCUT2D eigenvalue weighted by atomic mass is 10.1. The van der Waals surface area contributed by atoms with Gasteiger partial charge in [-0.25, -0.2) is 0 Å². The Bertz CT molecular complexity index is 1480. The summed E-state index contributed by atoms with van der Waals surface area (Å²) in [4.78, 5) is 31.6. The second kappa shape index (κ2) is 11.2. The molecule has 8 heteroatoms. The SMILES string of the molecule is Cc1sc(=NC(=O)c2ccc(Cl)cc2Cl)n(Cc2ccc(C(=O)N[C@H](C)c3ccccc3)cc2)c1C. The van der Waals surface area contributed by atoms with Gasteiger partial charge in [0.05, 0.1) is 23.2 Å². The maximum Gasteiger partial charge on any atom is 0.281 e. The summed E-state index contributed by atoms with van der Waals surface area (Å²) in [6.45, 7) is 6.47. The molecule has 0 unspecified atom stereocenters. The summed E-state index contributed by atoms with van der Waals surface area (Å²) in [5, 5.41) is 3.76. The van der Waals surface area contributed by atoms with E-state index in [0.29, 0.717) is 27.5 Å². The normalized spacial score (nSPS) is 12.4. The van der Waals surface area contributed by atoms with Crippen molar-refractivity contribution in [1.29, 1.82) is 0 Å². The number of halogens is 2. The number of aromatic nitrogens is 1. The van der Waals surface area contributed by atoms with Crippen LogP contribution >= 0.6 is 34.5 Å². The lowest BCUT2D eigenvalue weighted by Gasteiger charge is -2.14. The number of aryl methyl sites for hydroxylation is 1. The molecule has 5 nitrogen and oxygen atoms in total. The van der Waals surface area contributed by atoms with Crippen molar-refractivity contribution >= 4 is 46.4 Å². The van der Waals surface area contributed by atoms with Crippen molar-refractivity contribution in [3.63, 3.8) is 0 Å². The van der Waals surface area contributed by atoms with Crippen LogP contribution in [0.4, 0.5) is 0 Å². The van der Waals surface area contributed by atoms with Gasteiger partial charge in [-0.05, 0) is 62.2 Å². The molecule has 0 bridgehead atoms. The maximum absolute atomic E-state index is 12.8. The monoisotopic (exact) mass is 537 g/mol. The van der Waals surface area contributed by atoms with Gasteiger partial charge in [-0.1, -0.05) is 65.7 Å². The van der Waals surface area contributed by atoms with Crippen molar-refractivity contribution in [3.8, 4) is 0 Å². The van der Waals surface area contributed by atoms with E-state index in [9.17, 15) is 9.59 Å². The van der Waals surface area contributed by atoms with Gasteiger partial charge in [-0.2, -0.15) is 4.99 Å². The van der Waals surface area contributed by atoms with Gasteiger partial charge in [0, 0.05) is 21.2 Å². The zero-order chi connectivity index (χ0) is 25.8. The molecule has 184 valence electrons. The molecule has 0 aliphatic carbocycles. The lowest BCUT2D eigenvalue weighted by Crippen LogP contribution is -2.26. The fourth-order valence-electron chi connectivity index (χ4n) is 3.73. The first-order chi connectivity index (χ1) is 17.2. The highest BCUT2D eigenvalue weighted by Gasteiger charge is 2.14. The van der Waals surface area contributed by atoms with E-state index in [2.05, 4.69) is 10.3 Å². The van der Waals surface area contributed by atoms with Crippen molar-refractivity contribution in [3.05, 3.63) is 120 Å². The summed E-state index contributed by atoms with van der Waals surface area (Å²) in [7, 11) is 0. The standard InChI is InChI=1S/C28H25Cl2N3O2S/c1-17(21-7-5-4-6-8-21)31-26(34)22-11-9-20(10-12-22)16-33-18(2)19(3)36-28(33)32-27(35)24-14-13-23(29)15-25(24)30/h4-15,17H,16H2,1-3H3,(H,31,34)/t17-/m1/s1. The van der Waals surface area contributed by atoms with Crippen LogP contribution in [0.3, 0.4) is 0 Å². The molecule has 0 radical (unpaired) electrons. The van der Waals surface area contributed by atoms with Crippen molar-refractivity contribution in [2.75, 3.05) is 0 Å². The number of benzene rings is 3. The van der Waals surface area contributed by atoms with E-state index in [1.54, 1.807) is 12.1 Å². The number of hydrogen-bond donors (Lipinski definition) is 1. The minimum Gasteiger partial charge on any atom is -0.346 e. The molecule has 36 heavy (non-hydrogen) atoms. The maximum atomic E-state index is 12.8. The topological polar surface area (TPSA) is 63.5 Å². The van der Waals surface area contributed by atoms with E-state index in [-0.39, 0.29) is 17.0 Å². The first-order valence-corrected chi connectivity index (χ1v) is 13.0. The summed E-state index contributed by atoms with van der Waals surface area (Å²) in [6, 6.07) is 21.9. The van der Waals surface area contributed by atoms with E-state index in [4.69, 9.17) is 23.2 Å². The Morgan fingerprint density at radius 3 is 2.36 bits per heavy atom. The van der Waals surface area contributed by atoms with Crippen LogP contribution in [0.5, 0.6) is 0 Å². The number of nitrogens with zero attached hydrogens (tertiary/aromatic N) is 2. The van der Waals surface area contributed by atoms with E-state index >= 15 is 0 Å². The first-order valence-electron chi connectivity index (χ1n) is 11.4. The van der Waals surface area contributed by atoms with Crippen LogP contribution in [0, 0.1) is 13.8 Å². The number of hydrogen-bond acceptors (Lipinski definition) is 3. The average Bonchev–Trinajstić information content (AvgIpc) is 3.12. The van der Waals surface area contributed by atoms with Gasteiger partial charge >= 0.3 is 0 Å². The van der Waals surface area contributed by atoms with Gasteiger partial charge in [0.2, 0.25) is 0 Å². The van der Waals surface area contributed by atoms with E-state index in [1.165, 1.54) is 17.4 Å². The lowest BCUT2D eigenvalue weighted by molar-refractivity contribution is 0.0938. The fraction of sp³-hybridized carbons (Fsp3) is 0.179. The van der Waals surface area contributed by atoms with Gasteiger partial charge in [0.15, 0.2) is 4.80 Å². The molecule has 0 saturated heterocycles. The molecule has 1 aromatic heterocycles. The molecule has 0 aliphatic heterocycles.